The van der Waals surface area contributed by atoms with E-state index in [1.54, 1.807) is 6.07 Å². The summed E-state index contributed by atoms with van der Waals surface area (Å²) >= 11 is 0. The molecule has 10 heteroatoms. The van der Waals surface area contributed by atoms with Gasteiger partial charge in [0.15, 0.2) is 0 Å². The van der Waals surface area contributed by atoms with E-state index in [2.05, 4.69) is 58.7 Å². The lowest BCUT2D eigenvalue weighted by atomic mass is 9.62. The second-order valence-electron chi connectivity index (χ2n) is 12.4. The minimum atomic E-state index is -5.54. The van der Waals surface area contributed by atoms with Crippen LogP contribution in [-0.4, -0.2) is 58.2 Å². The van der Waals surface area contributed by atoms with Crippen LogP contribution in [0.5, 0.6) is 5.75 Å². The summed E-state index contributed by atoms with van der Waals surface area (Å²) in [5.41, 5.74) is -2.34. The number of nitrogens with zero attached hydrogens (tertiary/aromatic N) is 2. The minimum Gasteiger partial charge on any atom is -0.496 e. The fraction of sp³-hybridized carbons (Fsp3) is 0.471. The highest BCUT2D eigenvalue weighted by molar-refractivity contribution is 7.93. The molecule has 44 heavy (non-hydrogen) atoms. The van der Waals surface area contributed by atoms with Gasteiger partial charge in [-0.15, -0.1) is 0 Å². The van der Waals surface area contributed by atoms with Gasteiger partial charge < -0.3 is 10.1 Å². The van der Waals surface area contributed by atoms with Crippen LogP contribution in [-0.2, 0) is 16.6 Å². The lowest BCUT2D eigenvalue weighted by Gasteiger charge is -2.60. The van der Waals surface area contributed by atoms with Crippen LogP contribution in [0.3, 0.4) is 0 Å². The van der Waals surface area contributed by atoms with E-state index in [9.17, 15) is 21.6 Å². The Bertz CT molecular complexity index is 1480. The van der Waals surface area contributed by atoms with Crippen LogP contribution in [0.2, 0.25) is 0 Å². The molecule has 1 aliphatic carbocycles. The molecule has 3 aliphatic heterocycles. The van der Waals surface area contributed by atoms with E-state index in [0.29, 0.717) is 39.9 Å². The van der Waals surface area contributed by atoms with E-state index in [1.807, 2.05) is 12.1 Å². The summed E-state index contributed by atoms with van der Waals surface area (Å²) in [4.78, 5) is 2.69. The topological polar surface area (TPSA) is 61.9 Å². The minimum absolute atomic E-state index is 0.0643. The molecular weight excluding hydrogens is 587 g/mol. The number of methoxy groups -OCH3 is 1. The number of rotatable bonds is 9. The fourth-order valence-electron chi connectivity index (χ4n) is 8.17. The molecule has 236 valence electrons. The Morgan fingerprint density at radius 1 is 0.932 bits per heavy atom. The van der Waals surface area contributed by atoms with E-state index in [4.69, 9.17) is 4.74 Å². The number of piperidine rings is 3. The Morgan fingerprint density at radius 2 is 1.50 bits per heavy atom. The Kier molecular flexibility index (Phi) is 8.69. The van der Waals surface area contributed by atoms with Crippen LogP contribution in [0.4, 0.5) is 18.9 Å². The number of alkyl halides is 3. The molecule has 4 fully saturated rings. The van der Waals surface area contributed by atoms with Crippen LogP contribution in [0.1, 0.15) is 48.3 Å². The number of halogens is 3. The average Bonchev–Trinajstić information content (AvgIpc) is 3.17. The molecule has 4 unspecified atom stereocenters. The average molecular weight is 628 g/mol. The number of fused-ring (bicyclic) bond motifs is 1. The van der Waals surface area contributed by atoms with E-state index in [1.165, 1.54) is 56.1 Å². The molecule has 4 bridgehead atoms. The van der Waals surface area contributed by atoms with Crippen molar-refractivity contribution in [2.45, 2.75) is 55.7 Å². The van der Waals surface area contributed by atoms with Gasteiger partial charge in [0, 0.05) is 50.2 Å². The zero-order valence-electron chi connectivity index (χ0n) is 25.1. The first-order chi connectivity index (χ1) is 21.1. The predicted molar refractivity (Wildman–Crippen MR) is 166 cm³/mol. The number of sulfonamides is 1. The van der Waals surface area contributed by atoms with Gasteiger partial charge >= 0.3 is 15.5 Å². The molecule has 3 saturated heterocycles. The smallest absolute Gasteiger partial charge is 0.496 e. The van der Waals surface area contributed by atoms with Crippen LogP contribution >= 0.6 is 0 Å². The molecule has 3 aromatic rings. The third kappa shape index (κ3) is 5.72. The van der Waals surface area contributed by atoms with Gasteiger partial charge in [-0.1, -0.05) is 73.5 Å². The number of nitrogens with one attached hydrogen (secondary N) is 1. The van der Waals surface area contributed by atoms with Crippen LogP contribution in [0.25, 0.3) is 0 Å². The zero-order valence-corrected chi connectivity index (χ0v) is 25.9. The maximum Gasteiger partial charge on any atom is 0.516 e. The van der Waals surface area contributed by atoms with Crippen molar-refractivity contribution in [1.82, 2.24) is 10.2 Å². The standard InChI is InChI=1S/C34H40F3N3O3S/c1-39(44(41,42)34(35,36)37)28-17-18-29(43-2)27(19-28)20-38-32-30-25-15-9-10-16-26(30)22-40(21-25)33(32)31(23-11-5-3-6-12-23)24-13-7-4-8-14-24/h3-8,11-14,17-19,25-26,30-33,38H,9-10,15-16,20-22H2,1-2H3. The number of hydrogen-bond acceptors (Lipinski definition) is 5. The number of anilines is 1. The molecule has 0 radical (unpaired) electrons. The number of ether oxygens (including phenoxy) is 1. The maximum atomic E-state index is 13.4. The van der Waals surface area contributed by atoms with Gasteiger partial charge in [-0.05, 0) is 59.9 Å². The van der Waals surface area contributed by atoms with Crippen molar-refractivity contribution in [2.24, 2.45) is 17.8 Å². The Labute approximate surface area is 258 Å². The Morgan fingerprint density at radius 3 is 2.02 bits per heavy atom. The van der Waals surface area contributed by atoms with E-state index in [-0.39, 0.29) is 23.7 Å². The molecule has 4 atom stereocenters. The first kappa shape index (κ1) is 30.9. The number of benzene rings is 3. The summed E-state index contributed by atoms with van der Waals surface area (Å²) in [6.07, 6.45) is 4.87. The highest BCUT2D eigenvalue weighted by Gasteiger charge is 2.54. The Balaban J connectivity index is 1.38. The van der Waals surface area contributed by atoms with Crippen LogP contribution < -0.4 is 14.4 Å². The summed E-state index contributed by atoms with van der Waals surface area (Å²) in [5.74, 6) is 2.24. The Hall–Kier alpha value is -3.08. The van der Waals surface area contributed by atoms with Crippen LogP contribution in [0, 0.1) is 17.8 Å². The highest BCUT2D eigenvalue weighted by atomic mass is 32.2. The first-order valence-corrected chi connectivity index (χ1v) is 16.8. The van der Waals surface area contributed by atoms with Gasteiger partial charge in [-0.2, -0.15) is 21.6 Å². The van der Waals surface area contributed by atoms with E-state index < -0.39 is 15.5 Å². The largest absolute Gasteiger partial charge is 0.516 e. The van der Waals surface area contributed by atoms with Gasteiger partial charge in [0.2, 0.25) is 0 Å². The van der Waals surface area contributed by atoms with Gasteiger partial charge in [0.05, 0.1) is 12.8 Å². The molecule has 6 nitrogen and oxygen atoms in total. The zero-order chi connectivity index (χ0) is 31.1. The first-order valence-electron chi connectivity index (χ1n) is 15.4. The van der Waals surface area contributed by atoms with E-state index >= 15 is 0 Å². The SMILES string of the molecule is COc1ccc(N(C)S(=O)(=O)C(F)(F)F)cc1CNC1C2C3CCCCC2CN(C3)C1C(c1ccccc1)c1ccccc1. The monoisotopic (exact) mass is 627 g/mol. The molecule has 0 aromatic heterocycles. The third-order valence-corrected chi connectivity index (χ3v) is 11.6. The molecule has 0 amide bonds. The van der Waals surface area contributed by atoms with Crippen molar-refractivity contribution >= 4 is 15.7 Å². The molecule has 1 saturated carbocycles. The maximum absolute atomic E-state index is 13.4. The molecule has 3 heterocycles. The fourth-order valence-corrected chi connectivity index (χ4v) is 8.88. The summed E-state index contributed by atoms with van der Waals surface area (Å²) in [7, 11) is -3.09. The van der Waals surface area contributed by atoms with Gasteiger partial charge in [-0.25, -0.2) is 0 Å². The molecule has 3 aromatic carbocycles. The van der Waals surface area contributed by atoms with Crippen molar-refractivity contribution < 1.29 is 26.3 Å². The lowest BCUT2D eigenvalue weighted by Crippen LogP contribution is -2.70. The van der Waals surface area contributed by atoms with Gasteiger partial charge in [0.1, 0.15) is 5.75 Å². The van der Waals surface area contributed by atoms with Crippen LogP contribution in [0.15, 0.2) is 78.9 Å². The van der Waals surface area contributed by atoms with Gasteiger partial charge in [0.25, 0.3) is 0 Å². The second kappa shape index (κ2) is 12.4. The molecule has 4 aliphatic rings. The van der Waals surface area contributed by atoms with Crippen molar-refractivity contribution in [3.63, 3.8) is 0 Å². The molecule has 1 N–H and O–H groups in total. The highest BCUT2D eigenvalue weighted by Crippen LogP contribution is 2.50. The normalized spacial score (nSPS) is 26.8. The van der Waals surface area contributed by atoms with Crippen molar-refractivity contribution in [3.8, 4) is 5.75 Å². The summed E-state index contributed by atoms with van der Waals surface area (Å²) in [5, 5.41) is 3.89. The van der Waals surface area contributed by atoms with Crippen molar-refractivity contribution in [1.29, 1.82) is 0 Å². The quantitative estimate of drug-likeness (QED) is 0.298. The van der Waals surface area contributed by atoms with Crippen molar-refractivity contribution in [2.75, 3.05) is 31.6 Å². The summed E-state index contributed by atoms with van der Waals surface area (Å²) in [6.45, 7) is 2.47. The van der Waals surface area contributed by atoms with Crippen molar-refractivity contribution in [3.05, 3.63) is 95.6 Å². The van der Waals surface area contributed by atoms with Gasteiger partial charge in [-0.3, -0.25) is 9.21 Å². The summed E-state index contributed by atoms with van der Waals surface area (Å²) < 4.78 is 70.4. The number of hydrogen-bond donors (Lipinski definition) is 1. The molecule has 0 spiro atoms. The molecule has 7 rings (SSSR count). The third-order valence-electron chi connectivity index (χ3n) is 10.1. The lowest BCUT2D eigenvalue weighted by molar-refractivity contribution is -0.0743. The summed E-state index contributed by atoms with van der Waals surface area (Å²) in [6, 6.07) is 25.9. The molecular formula is C34H40F3N3O3S. The van der Waals surface area contributed by atoms with E-state index in [0.717, 1.165) is 20.1 Å². The second-order valence-corrected chi connectivity index (χ2v) is 14.4. The predicted octanol–water partition coefficient (Wildman–Crippen LogP) is 6.39.